The molecule has 2 heterocycles. The van der Waals surface area contributed by atoms with Gasteiger partial charge in [-0.3, -0.25) is 0 Å². The Morgan fingerprint density at radius 3 is 2.92 bits per heavy atom. The lowest BCUT2D eigenvalue weighted by atomic mass is 10.1. The quantitative estimate of drug-likeness (QED) is 0.679. The van der Waals surface area contributed by atoms with Crippen LogP contribution in [-0.2, 0) is 4.74 Å². The van der Waals surface area contributed by atoms with Gasteiger partial charge in [-0.15, -0.1) is 0 Å². The van der Waals surface area contributed by atoms with E-state index in [-0.39, 0.29) is 6.04 Å². The van der Waals surface area contributed by atoms with Crippen molar-refractivity contribution in [2.45, 2.75) is 19.9 Å². The Bertz CT molecular complexity index is 305. The molecule has 0 saturated carbocycles. The van der Waals surface area contributed by atoms with Crippen LogP contribution in [0.2, 0.25) is 0 Å². The summed E-state index contributed by atoms with van der Waals surface area (Å²) >= 11 is 0. The minimum absolute atomic E-state index is 0.210. The highest BCUT2D eigenvalue weighted by atomic mass is 16.5. The molecule has 0 radical (unpaired) electrons. The Morgan fingerprint density at radius 2 is 2.38 bits per heavy atom. The van der Waals surface area contributed by atoms with Crippen LogP contribution >= 0.6 is 0 Å². The van der Waals surface area contributed by atoms with Crippen molar-refractivity contribution in [1.82, 2.24) is 10.1 Å². The van der Waals surface area contributed by atoms with Crippen molar-refractivity contribution in [2.24, 2.45) is 10.9 Å². The van der Waals surface area contributed by atoms with E-state index in [1.807, 2.05) is 0 Å². The van der Waals surface area contributed by atoms with Gasteiger partial charge in [-0.05, 0) is 5.92 Å². The number of rotatable bonds is 2. The van der Waals surface area contributed by atoms with Crippen LogP contribution in [0.15, 0.2) is 15.8 Å². The van der Waals surface area contributed by atoms with Crippen molar-refractivity contribution in [3.05, 3.63) is 12.2 Å². The maximum Gasteiger partial charge on any atom is 0.312 e. The van der Waals surface area contributed by atoms with E-state index in [1.165, 1.54) is 6.33 Å². The molecule has 0 amide bonds. The van der Waals surface area contributed by atoms with E-state index in [9.17, 15) is 0 Å². The third-order valence-corrected chi connectivity index (χ3v) is 1.99. The minimum atomic E-state index is 0.210. The molecule has 70 valence electrons. The van der Waals surface area contributed by atoms with Gasteiger partial charge in [-0.2, -0.15) is 4.98 Å². The molecule has 0 bridgehead atoms. The molecule has 0 aromatic carbocycles. The molecule has 5 heteroatoms. The van der Waals surface area contributed by atoms with Crippen LogP contribution in [0.1, 0.15) is 19.7 Å². The standard InChI is InChI=1S/C8H11N3O2/c1-5(2)6-3-12-8(11-6)7-9-4-10-13-7/h4-6H,3H2,1-2H3. The molecule has 1 aromatic heterocycles. The van der Waals surface area contributed by atoms with Crippen LogP contribution < -0.4 is 0 Å². The number of hydrogen-bond acceptors (Lipinski definition) is 5. The summed E-state index contributed by atoms with van der Waals surface area (Å²) in [5.74, 6) is 1.31. The first kappa shape index (κ1) is 8.22. The number of hydrogen-bond donors (Lipinski definition) is 0. The molecular weight excluding hydrogens is 170 g/mol. The third-order valence-electron chi connectivity index (χ3n) is 1.99. The zero-order chi connectivity index (χ0) is 9.26. The van der Waals surface area contributed by atoms with Crippen LogP contribution in [0.4, 0.5) is 0 Å². The topological polar surface area (TPSA) is 60.5 Å². The summed E-state index contributed by atoms with van der Waals surface area (Å²) in [6, 6.07) is 0.210. The first-order valence-electron chi connectivity index (χ1n) is 4.25. The molecule has 1 aromatic rings. The van der Waals surface area contributed by atoms with E-state index in [4.69, 9.17) is 9.26 Å². The Morgan fingerprint density at radius 1 is 1.54 bits per heavy atom. The van der Waals surface area contributed by atoms with Crippen LogP contribution in [0.5, 0.6) is 0 Å². The van der Waals surface area contributed by atoms with Gasteiger partial charge in [0.15, 0.2) is 6.33 Å². The van der Waals surface area contributed by atoms with Crippen molar-refractivity contribution in [3.63, 3.8) is 0 Å². The summed E-state index contributed by atoms with van der Waals surface area (Å²) < 4.78 is 10.2. The fraction of sp³-hybridized carbons (Fsp3) is 0.625. The predicted octanol–water partition coefficient (Wildman–Crippen LogP) is 0.871. The number of aromatic nitrogens is 2. The smallest absolute Gasteiger partial charge is 0.312 e. The second-order valence-corrected chi connectivity index (χ2v) is 3.30. The van der Waals surface area contributed by atoms with E-state index in [2.05, 4.69) is 29.0 Å². The van der Waals surface area contributed by atoms with Gasteiger partial charge in [0.05, 0.1) is 6.04 Å². The van der Waals surface area contributed by atoms with Crippen LogP contribution in [0, 0.1) is 5.92 Å². The van der Waals surface area contributed by atoms with Gasteiger partial charge >= 0.3 is 5.89 Å². The normalized spacial score (nSPS) is 21.8. The monoisotopic (exact) mass is 181 g/mol. The summed E-state index contributed by atoms with van der Waals surface area (Å²) in [7, 11) is 0. The van der Waals surface area contributed by atoms with Gasteiger partial charge in [0.2, 0.25) is 0 Å². The summed E-state index contributed by atoms with van der Waals surface area (Å²) in [5, 5.41) is 3.49. The minimum Gasteiger partial charge on any atom is -0.472 e. The maximum atomic E-state index is 5.32. The van der Waals surface area contributed by atoms with Crippen molar-refractivity contribution in [1.29, 1.82) is 0 Å². The first-order valence-corrected chi connectivity index (χ1v) is 4.25. The molecule has 5 nitrogen and oxygen atoms in total. The van der Waals surface area contributed by atoms with Gasteiger partial charge in [-0.25, -0.2) is 4.99 Å². The zero-order valence-corrected chi connectivity index (χ0v) is 7.60. The second kappa shape index (κ2) is 3.16. The molecule has 0 saturated heterocycles. The highest BCUT2D eigenvalue weighted by Gasteiger charge is 2.25. The van der Waals surface area contributed by atoms with Crippen LogP contribution in [0.3, 0.4) is 0 Å². The molecule has 2 rings (SSSR count). The van der Waals surface area contributed by atoms with Gasteiger partial charge in [0, 0.05) is 0 Å². The molecule has 0 aliphatic carbocycles. The predicted molar refractivity (Wildman–Crippen MR) is 45.4 cm³/mol. The van der Waals surface area contributed by atoms with Crippen molar-refractivity contribution in [2.75, 3.05) is 6.61 Å². The summed E-state index contributed by atoms with van der Waals surface area (Å²) in [6.07, 6.45) is 1.34. The summed E-state index contributed by atoms with van der Waals surface area (Å²) in [5.41, 5.74) is 0. The Kier molecular flexibility index (Phi) is 2.00. The third kappa shape index (κ3) is 1.54. The van der Waals surface area contributed by atoms with Crippen molar-refractivity contribution >= 4 is 5.90 Å². The van der Waals surface area contributed by atoms with Crippen molar-refractivity contribution in [3.8, 4) is 0 Å². The van der Waals surface area contributed by atoms with E-state index in [1.54, 1.807) is 0 Å². The first-order chi connectivity index (χ1) is 6.27. The van der Waals surface area contributed by atoms with E-state index < -0.39 is 0 Å². The number of nitrogens with zero attached hydrogens (tertiary/aromatic N) is 3. The lowest BCUT2D eigenvalue weighted by molar-refractivity contribution is 0.282. The maximum absolute atomic E-state index is 5.32. The SMILES string of the molecule is CC(C)C1COC(c2ncno2)=N1. The second-order valence-electron chi connectivity index (χ2n) is 3.30. The zero-order valence-electron chi connectivity index (χ0n) is 7.60. The average Bonchev–Trinajstić information content (AvgIpc) is 2.75. The van der Waals surface area contributed by atoms with Crippen LogP contribution in [-0.4, -0.2) is 28.7 Å². The molecule has 0 fully saturated rings. The molecule has 1 atom stereocenters. The van der Waals surface area contributed by atoms with Crippen LogP contribution in [0.25, 0.3) is 0 Å². The fourth-order valence-corrected chi connectivity index (χ4v) is 1.12. The highest BCUT2D eigenvalue weighted by molar-refractivity contribution is 5.90. The van der Waals surface area contributed by atoms with Crippen molar-refractivity contribution < 1.29 is 9.26 Å². The van der Waals surface area contributed by atoms with E-state index in [0.717, 1.165) is 0 Å². The molecule has 1 unspecified atom stereocenters. The van der Waals surface area contributed by atoms with Gasteiger partial charge in [0.1, 0.15) is 6.61 Å². The Hall–Kier alpha value is -1.39. The lowest BCUT2D eigenvalue weighted by Crippen LogP contribution is -2.13. The average molecular weight is 181 g/mol. The van der Waals surface area contributed by atoms with Gasteiger partial charge in [0.25, 0.3) is 5.90 Å². The fourth-order valence-electron chi connectivity index (χ4n) is 1.12. The Labute approximate surface area is 75.8 Å². The molecule has 1 aliphatic heterocycles. The molecular formula is C8H11N3O2. The Balaban J connectivity index is 2.15. The lowest BCUT2D eigenvalue weighted by Gasteiger charge is -2.06. The highest BCUT2D eigenvalue weighted by Crippen LogP contribution is 2.15. The molecule has 1 aliphatic rings. The number of ether oxygens (including phenoxy) is 1. The van der Waals surface area contributed by atoms with E-state index >= 15 is 0 Å². The number of aliphatic imine (C=N–C) groups is 1. The van der Waals surface area contributed by atoms with Gasteiger partial charge in [-0.1, -0.05) is 19.0 Å². The summed E-state index contributed by atoms with van der Waals surface area (Å²) in [6.45, 7) is 4.82. The largest absolute Gasteiger partial charge is 0.472 e. The molecule has 0 N–H and O–H groups in total. The summed E-state index contributed by atoms with van der Waals surface area (Å²) in [4.78, 5) is 8.19. The molecule has 13 heavy (non-hydrogen) atoms. The van der Waals surface area contributed by atoms with E-state index in [0.29, 0.717) is 24.3 Å². The van der Waals surface area contributed by atoms with Gasteiger partial charge < -0.3 is 9.26 Å². The molecule has 0 spiro atoms.